The van der Waals surface area contributed by atoms with E-state index in [0.29, 0.717) is 45.0 Å². The van der Waals surface area contributed by atoms with E-state index in [1.54, 1.807) is 23.1 Å². The number of carbonyl (C=O) groups excluding carboxylic acids is 1. The Morgan fingerprint density at radius 2 is 1.83 bits per heavy atom. The molecule has 0 aliphatic heterocycles. The Hall–Kier alpha value is -4.33. The minimum Gasteiger partial charge on any atom is -0.335 e. The van der Waals surface area contributed by atoms with Gasteiger partial charge in [0.05, 0.1) is 28.4 Å². The van der Waals surface area contributed by atoms with Crippen molar-refractivity contribution in [1.82, 2.24) is 25.0 Å². The van der Waals surface area contributed by atoms with Crippen LogP contribution < -0.4 is 5.56 Å². The first-order valence-electron chi connectivity index (χ1n) is 12.1. The molecule has 6 rings (SSSR count). The van der Waals surface area contributed by atoms with Crippen molar-refractivity contribution in [2.24, 2.45) is 0 Å². The van der Waals surface area contributed by atoms with Crippen LogP contribution in [0.2, 0.25) is 0 Å². The Morgan fingerprint density at radius 3 is 2.58 bits per heavy atom. The highest BCUT2D eigenvalue weighted by Crippen LogP contribution is 2.41. The lowest BCUT2D eigenvalue weighted by atomic mass is 10.0. The Balaban J connectivity index is 1.46. The third-order valence-corrected chi connectivity index (χ3v) is 6.61. The van der Waals surface area contributed by atoms with Crippen LogP contribution in [0.5, 0.6) is 0 Å². The maximum absolute atomic E-state index is 14.1. The van der Waals surface area contributed by atoms with E-state index < -0.39 is 0 Å². The van der Waals surface area contributed by atoms with E-state index in [2.05, 4.69) is 15.1 Å². The van der Waals surface area contributed by atoms with Crippen molar-refractivity contribution in [3.05, 3.63) is 88.1 Å². The molecule has 180 valence electrons. The molecule has 1 N–H and O–H groups in total. The molecule has 0 bridgehead atoms. The standard InChI is InChI=1S/C28H25N5O3/c1-16(2)33(15-23-29-21-11-7-6-10-19(21)26(34)31-23)28(35)20-14-22(17-12-13-17)30-27-24(20)25(32-36-27)18-8-4-3-5-9-18/h3-11,14,16-17H,12-13,15H2,1-2H3,(H,29,31,34). The fraction of sp³-hybridized carbons (Fsp3) is 0.250. The van der Waals surface area contributed by atoms with Crippen LogP contribution in [0.1, 0.15) is 54.5 Å². The zero-order chi connectivity index (χ0) is 24.8. The highest BCUT2D eigenvalue weighted by molar-refractivity contribution is 6.09. The molecule has 0 saturated heterocycles. The molecular weight excluding hydrogens is 454 g/mol. The number of amides is 1. The van der Waals surface area contributed by atoms with E-state index in [4.69, 9.17) is 9.51 Å². The van der Waals surface area contributed by atoms with Gasteiger partial charge >= 0.3 is 0 Å². The number of benzene rings is 2. The van der Waals surface area contributed by atoms with Crippen LogP contribution in [-0.4, -0.2) is 37.0 Å². The lowest BCUT2D eigenvalue weighted by Gasteiger charge is -2.27. The number of H-pyrrole nitrogens is 1. The molecule has 1 aliphatic carbocycles. The largest absolute Gasteiger partial charge is 0.335 e. The van der Waals surface area contributed by atoms with E-state index in [9.17, 15) is 9.59 Å². The number of fused-ring (bicyclic) bond motifs is 2. The van der Waals surface area contributed by atoms with Gasteiger partial charge in [0.2, 0.25) is 0 Å². The molecule has 1 aliphatic rings. The molecule has 3 aromatic heterocycles. The number of para-hydroxylation sites is 1. The Kier molecular flexibility index (Phi) is 5.36. The number of hydrogen-bond acceptors (Lipinski definition) is 6. The van der Waals surface area contributed by atoms with Crippen LogP contribution in [0.3, 0.4) is 0 Å². The second-order valence-corrected chi connectivity index (χ2v) is 9.50. The van der Waals surface area contributed by atoms with Gasteiger partial charge in [0.15, 0.2) is 0 Å². The average molecular weight is 480 g/mol. The third kappa shape index (κ3) is 3.94. The van der Waals surface area contributed by atoms with Gasteiger partial charge < -0.3 is 14.4 Å². The van der Waals surface area contributed by atoms with Crippen molar-refractivity contribution in [2.75, 3.05) is 0 Å². The first-order chi connectivity index (χ1) is 17.5. The fourth-order valence-electron chi connectivity index (χ4n) is 4.53. The second-order valence-electron chi connectivity index (χ2n) is 9.50. The normalized spacial score (nSPS) is 13.5. The van der Waals surface area contributed by atoms with Crippen molar-refractivity contribution >= 4 is 27.9 Å². The summed E-state index contributed by atoms with van der Waals surface area (Å²) in [5.74, 6) is 0.579. The Morgan fingerprint density at radius 1 is 1.08 bits per heavy atom. The van der Waals surface area contributed by atoms with E-state index in [1.807, 2.05) is 56.3 Å². The Bertz CT molecular complexity index is 1650. The first kappa shape index (κ1) is 22.2. The van der Waals surface area contributed by atoms with Crippen molar-refractivity contribution in [2.45, 2.75) is 45.2 Å². The van der Waals surface area contributed by atoms with E-state index in [0.717, 1.165) is 24.1 Å². The minimum absolute atomic E-state index is 0.151. The summed E-state index contributed by atoms with van der Waals surface area (Å²) in [7, 11) is 0. The number of aromatic amines is 1. The number of carbonyl (C=O) groups is 1. The summed E-state index contributed by atoms with van der Waals surface area (Å²) in [4.78, 5) is 40.6. The predicted molar refractivity (Wildman–Crippen MR) is 137 cm³/mol. The molecule has 8 nitrogen and oxygen atoms in total. The van der Waals surface area contributed by atoms with E-state index >= 15 is 0 Å². The van der Waals surface area contributed by atoms with Gasteiger partial charge in [-0.2, -0.15) is 0 Å². The number of rotatable bonds is 6. The number of aromatic nitrogens is 4. The van der Waals surface area contributed by atoms with Gasteiger partial charge in [0, 0.05) is 23.2 Å². The monoisotopic (exact) mass is 479 g/mol. The van der Waals surface area contributed by atoms with Crippen LogP contribution in [0.25, 0.3) is 33.3 Å². The molecule has 1 fully saturated rings. The summed E-state index contributed by atoms with van der Waals surface area (Å²) in [5.41, 5.74) is 3.52. The van der Waals surface area contributed by atoms with Gasteiger partial charge in [-0.05, 0) is 44.9 Å². The van der Waals surface area contributed by atoms with Crippen LogP contribution in [0.4, 0.5) is 0 Å². The van der Waals surface area contributed by atoms with Crippen molar-refractivity contribution in [1.29, 1.82) is 0 Å². The minimum atomic E-state index is -0.223. The quantitative estimate of drug-likeness (QED) is 0.365. The van der Waals surface area contributed by atoms with E-state index in [-0.39, 0.29) is 24.1 Å². The molecule has 0 atom stereocenters. The molecule has 8 heteroatoms. The molecule has 36 heavy (non-hydrogen) atoms. The highest BCUT2D eigenvalue weighted by atomic mass is 16.5. The summed E-state index contributed by atoms with van der Waals surface area (Å²) in [5, 5.41) is 5.41. The van der Waals surface area contributed by atoms with Gasteiger partial charge in [-0.3, -0.25) is 9.59 Å². The third-order valence-electron chi connectivity index (χ3n) is 6.61. The van der Waals surface area contributed by atoms with E-state index in [1.165, 1.54) is 0 Å². The van der Waals surface area contributed by atoms with Gasteiger partial charge in [0.1, 0.15) is 11.5 Å². The number of pyridine rings is 1. The SMILES string of the molecule is CC(C)N(Cc1nc2ccccc2c(=O)[nH]1)C(=O)c1cc(C2CC2)nc2onc(-c3ccccc3)c12. The van der Waals surface area contributed by atoms with Crippen molar-refractivity contribution in [3.63, 3.8) is 0 Å². The number of nitrogens with one attached hydrogen (secondary N) is 1. The molecule has 2 aromatic carbocycles. The summed E-state index contributed by atoms with van der Waals surface area (Å²) >= 11 is 0. The summed E-state index contributed by atoms with van der Waals surface area (Å²) < 4.78 is 5.64. The lowest BCUT2D eigenvalue weighted by Crippen LogP contribution is -2.37. The van der Waals surface area contributed by atoms with Crippen LogP contribution >= 0.6 is 0 Å². The number of nitrogens with zero attached hydrogens (tertiary/aromatic N) is 4. The Labute approximate surface area is 207 Å². The van der Waals surface area contributed by atoms with Crippen molar-refractivity contribution in [3.8, 4) is 11.3 Å². The van der Waals surface area contributed by atoms with Crippen LogP contribution in [-0.2, 0) is 6.54 Å². The maximum atomic E-state index is 14.1. The topological polar surface area (TPSA) is 105 Å². The molecule has 1 amide bonds. The van der Waals surface area contributed by atoms with Gasteiger partial charge in [-0.15, -0.1) is 0 Å². The molecule has 0 spiro atoms. The highest BCUT2D eigenvalue weighted by Gasteiger charge is 2.31. The van der Waals surface area contributed by atoms with Crippen LogP contribution in [0, 0.1) is 0 Å². The average Bonchev–Trinajstić information content (AvgIpc) is 3.66. The molecule has 3 heterocycles. The first-order valence-corrected chi connectivity index (χ1v) is 12.1. The predicted octanol–water partition coefficient (Wildman–Crippen LogP) is 5.05. The lowest BCUT2D eigenvalue weighted by molar-refractivity contribution is 0.0687. The zero-order valence-electron chi connectivity index (χ0n) is 20.1. The molecular formula is C28H25N5O3. The van der Waals surface area contributed by atoms with Crippen molar-refractivity contribution < 1.29 is 9.32 Å². The maximum Gasteiger partial charge on any atom is 0.259 e. The summed E-state index contributed by atoms with van der Waals surface area (Å²) in [6.07, 6.45) is 2.09. The smallest absolute Gasteiger partial charge is 0.259 e. The summed E-state index contributed by atoms with van der Waals surface area (Å²) in [6, 6.07) is 18.6. The molecule has 0 radical (unpaired) electrons. The molecule has 5 aromatic rings. The fourth-order valence-corrected chi connectivity index (χ4v) is 4.53. The second kappa shape index (κ2) is 8.71. The van der Waals surface area contributed by atoms with Crippen LogP contribution in [0.15, 0.2) is 70.0 Å². The molecule has 1 saturated carbocycles. The van der Waals surface area contributed by atoms with Gasteiger partial charge in [0.25, 0.3) is 17.2 Å². The van der Waals surface area contributed by atoms with Gasteiger partial charge in [-0.1, -0.05) is 47.6 Å². The number of hydrogen-bond donors (Lipinski definition) is 1. The summed E-state index contributed by atoms with van der Waals surface area (Å²) in [6.45, 7) is 4.05. The molecule has 0 unspecified atom stereocenters. The van der Waals surface area contributed by atoms with Gasteiger partial charge in [-0.25, -0.2) is 9.97 Å². The zero-order valence-corrected chi connectivity index (χ0v) is 20.1.